The minimum absolute atomic E-state index is 0.406. The molecule has 0 saturated heterocycles. The van der Waals surface area contributed by atoms with Crippen LogP contribution < -0.4 is 5.32 Å². The summed E-state index contributed by atoms with van der Waals surface area (Å²) in [5.41, 5.74) is 0.674. The molecule has 14 heavy (non-hydrogen) atoms. The van der Waals surface area contributed by atoms with E-state index in [0.717, 1.165) is 0 Å². The van der Waals surface area contributed by atoms with Gasteiger partial charge in [-0.25, -0.2) is 0 Å². The molecule has 0 aliphatic carbocycles. The summed E-state index contributed by atoms with van der Waals surface area (Å²) >= 11 is 5.84. The van der Waals surface area contributed by atoms with Crippen molar-refractivity contribution in [2.24, 2.45) is 0 Å². The van der Waals surface area contributed by atoms with Crippen molar-refractivity contribution in [2.75, 3.05) is 0 Å². The van der Waals surface area contributed by atoms with E-state index in [2.05, 4.69) is 5.32 Å². The number of alkyl halides is 1. The van der Waals surface area contributed by atoms with Crippen molar-refractivity contribution in [3.05, 3.63) is 35.9 Å². The normalized spacial score (nSPS) is 11.9. The summed E-state index contributed by atoms with van der Waals surface area (Å²) in [6.45, 7) is 1.27. The first kappa shape index (κ1) is 10.7. The Kier molecular flexibility index (Phi) is 3.65. The number of rotatable bonds is 2. The molecule has 0 saturated carbocycles. The number of nitrogens with one attached hydrogen (secondary N) is 1. The van der Waals surface area contributed by atoms with Gasteiger partial charge in [-0.2, -0.15) is 0 Å². The van der Waals surface area contributed by atoms with E-state index in [-0.39, 0.29) is 0 Å². The Balaban J connectivity index is 2.71. The second kappa shape index (κ2) is 4.77. The molecule has 2 amide bonds. The van der Waals surface area contributed by atoms with E-state index in [1.165, 1.54) is 6.92 Å². The highest BCUT2D eigenvalue weighted by Crippen LogP contribution is 2.19. The topological polar surface area (TPSA) is 46.2 Å². The molecule has 1 rings (SSSR count). The zero-order valence-corrected chi connectivity index (χ0v) is 8.41. The van der Waals surface area contributed by atoms with Crippen LogP contribution in [0.3, 0.4) is 0 Å². The van der Waals surface area contributed by atoms with Crippen LogP contribution in [-0.2, 0) is 9.59 Å². The Bertz CT molecular complexity index is 337. The molecule has 74 valence electrons. The summed E-state index contributed by atoms with van der Waals surface area (Å²) in [7, 11) is 0. The van der Waals surface area contributed by atoms with Gasteiger partial charge in [0.2, 0.25) is 11.8 Å². The van der Waals surface area contributed by atoms with E-state index in [1.807, 2.05) is 6.07 Å². The van der Waals surface area contributed by atoms with E-state index < -0.39 is 17.2 Å². The van der Waals surface area contributed by atoms with Gasteiger partial charge in [-0.3, -0.25) is 14.9 Å². The van der Waals surface area contributed by atoms with Crippen LogP contribution in [0.15, 0.2) is 30.3 Å². The fourth-order valence-corrected chi connectivity index (χ4v) is 1.21. The maximum absolute atomic E-state index is 11.3. The van der Waals surface area contributed by atoms with Crippen molar-refractivity contribution < 1.29 is 9.59 Å². The van der Waals surface area contributed by atoms with Crippen molar-refractivity contribution >= 4 is 23.4 Å². The average molecular weight is 212 g/mol. The van der Waals surface area contributed by atoms with Crippen LogP contribution in [0.1, 0.15) is 17.9 Å². The summed E-state index contributed by atoms with van der Waals surface area (Å²) in [5, 5.41) is 1.31. The summed E-state index contributed by atoms with van der Waals surface area (Å²) in [5.74, 6) is -0.901. The molecule has 0 aliphatic heterocycles. The van der Waals surface area contributed by atoms with Crippen LogP contribution in [0.5, 0.6) is 0 Å². The SMILES string of the molecule is CC(=O)NC(=O)C(Cl)c1ccccc1. The molecule has 0 fully saturated rings. The predicted molar refractivity (Wildman–Crippen MR) is 53.9 cm³/mol. The van der Waals surface area contributed by atoms with Gasteiger partial charge in [-0.15, -0.1) is 11.6 Å². The lowest BCUT2D eigenvalue weighted by atomic mass is 10.1. The Labute approximate surface area is 87.1 Å². The average Bonchev–Trinajstić information content (AvgIpc) is 2.17. The molecule has 1 N–H and O–H groups in total. The van der Waals surface area contributed by atoms with Crippen LogP contribution in [-0.4, -0.2) is 11.8 Å². The number of carbonyl (C=O) groups excluding carboxylic acids is 2. The largest absolute Gasteiger partial charge is 0.295 e. The molecule has 0 aliphatic rings. The fraction of sp³-hybridized carbons (Fsp3) is 0.200. The standard InChI is InChI=1S/C10H10ClNO2/c1-7(13)12-10(14)9(11)8-5-3-2-4-6-8/h2-6,9H,1H3,(H,12,13,14). The minimum atomic E-state index is -0.819. The summed E-state index contributed by atoms with van der Waals surface area (Å²) in [6, 6.07) is 8.86. The van der Waals surface area contributed by atoms with Gasteiger partial charge in [0.1, 0.15) is 5.38 Å². The van der Waals surface area contributed by atoms with E-state index in [9.17, 15) is 9.59 Å². The third-order valence-corrected chi connectivity index (χ3v) is 2.07. The molecule has 0 aromatic heterocycles. The van der Waals surface area contributed by atoms with E-state index in [4.69, 9.17) is 11.6 Å². The molecule has 1 aromatic rings. The van der Waals surface area contributed by atoms with Gasteiger partial charge < -0.3 is 0 Å². The lowest BCUT2D eigenvalue weighted by Crippen LogP contribution is -2.30. The van der Waals surface area contributed by atoms with Crippen molar-refractivity contribution in [3.63, 3.8) is 0 Å². The zero-order valence-electron chi connectivity index (χ0n) is 7.66. The molecule has 3 nitrogen and oxygen atoms in total. The van der Waals surface area contributed by atoms with Gasteiger partial charge >= 0.3 is 0 Å². The number of imide groups is 1. The molecular formula is C10H10ClNO2. The van der Waals surface area contributed by atoms with Crippen molar-refractivity contribution in [3.8, 4) is 0 Å². The maximum Gasteiger partial charge on any atom is 0.249 e. The third kappa shape index (κ3) is 2.85. The summed E-state index contributed by atoms with van der Waals surface area (Å²) in [4.78, 5) is 21.9. The molecule has 0 radical (unpaired) electrons. The summed E-state index contributed by atoms with van der Waals surface area (Å²) in [6.07, 6.45) is 0. The predicted octanol–water partition coefficient (Wildman–Crippen LogP) is 1.63. The van der Waals surface area contributed by atoms with Crippen LogP contribution >= 0.6 is 11.6 Å². The first-order chi connectivity index (χ1) is 6.61. The minimum Gasteiger partial charge on any atom is -0.295 e. The highest BCUT2D eigenvalue weighted by atomic mass is 35.5. The second-order valence-electron chi connectivity index (χ2n) is 2.82. The van der Waals surface area contributed by atoms with Crippen molar-refractivity contribution in [1.82, 2.24) is 5.32 Å². The van der Waals surface area contributed by atoms with E-state index in [1.54, 1.807) is 24.3 Å². The molecule has 1 aromatic carbocycles. The number of hydrogen-bond donors (Lipinski definition) is 1. The van der Waals surface area contributed by atoms with Crippen LogP contribution in [0, 0.1) is 0 Å². The third-order valence-electron chi connectivity index (χ3n) is 1.62. The number of benzene rings is 1. The van der Waals surface area contributed by atoms with Gasteiger partial charge in [0, 0.05) is 6.92 Å². The van der Waals surface area contributed by atoms with Crippen LogP contribution in [0.4, 0.5) is 0 Å². The molecule has 4 heteroatoms. The Morgan fingerprint density at radius 3 is 2.36 bits per heavy atom. The Hall–Kier alpha value is -1.35. The molecule has 0 bridgehead atoms. The highest BCUT2D eigenvalue weighted by Gasteiger charge is 2.17. The monoisotopic (exact) mass is 211 g/mol. The van der Waals surface area contributed by atoms with Gasteiger partial charge in [-0.05, 0) is 5.56 Å². The van der Waals surface area contributed by atoms with E-state index >= 15 is 0 Å². The van der Waals surface area contributed by atoms with Crippen molar-refractivity contribution in [1.29, 1.82) is 0 Å². The Morgan fingerprint density at radius 2 is 1.86 bits per heavy atom. The maximum atomic E-state index is 11.3. The van der Waals surface area contributed by atoms with Gasteiger partial charge in [0.25, 0.3) is 0 Å². The van der Waals surface area contributed by atoms with Gasteiger partial charge in [0.05, 0.1) is 0 Å². The molecule has 0 heterocycles. The Morgan fingerprint density at radius 1 is 1.29 bits per heavy atom. The lowest BCUT2D eigenvalue weighted by Gasteiger charge is -2.07. The first-order valence-corrected chi connectivity index (χ1v) is 4.55. The number of amides is 2. The molecular weight excluding hydrogens is 202 g/mol. The molecule has 1 atom stereocenters. The molecule has 1 unspecified atom stereocenters. The number of carbonyl (C=O) groups is 2. The quantitative estimate of drug-likeness (QED) is 0.756. The van der Waals surface area contributed by atoms with Gasteiger partial charge in [-0.1, -0.05) is 30.3 Å². The highest BCUT2D eigenvalue weighted by molar-refractivity contribution is 6.31. The first-order valence-electron chi connectivity index (χ1n) is 4.11. The van der Waals surface area contributed by atoms with Crippen LogP contribution in [0.2, 0.25) is 0 Å². The fourth-order valence-electron chi connectivity index (χ4n) is 1.01. The van der Waals surface area contributed by atoms with Crippen LogP contribution in [0.25, 0.3) is 0 Å². The summed E-state index contributed by atoms with van der Waals surface area (Å²) < 4.78 is 0. The number of halogens is 1. The van der Waals surface area contributed by atoms with Gasteiger partial charge in [0.15, 0.2) is 0 Å². The van der Waals surface area contributed by atoms with E-state index in [0.29, 0.717) is 5.56 Å². The lowest BCUT2D eigenvalue weighted by molar-refractivity contribution is -0.129. The second-order valence-corrected chi connectivity index (χ2v) is 3.26. The molecule has 0 spiro atoms. The van der Waals surface area contributed by atoms with Crippen molar-refractivity contribution in [2.45, 2.75) is 12.3 Å². The smallest absolute Gasteiger partial charge is 0.249 e. The number of hydrogen-bond acceptors (Lipinski definition) is 2. The zero-order chi connectivity index (χ0) is 10.6.